The SMILES string of the molecule is CNCCc1ccccc1-c1nnc(C)n1C(C)C. The summed E-state index contributed by atoms with van der Waals surface area (Å²) >= 11 is 0. The van der Waals surface area contributed by atoms with Gasteiger partial charge in [0.15, 0.2) is 5.82 Å². The average Bonchev–Trinajstić information content (AvgIpc) is 2.78. The number of aryl methyl sites for hydroxylation is 1. The molecule has 0 saturated carbocycles. The highest BCUT2D eigenvalue weighted by Crippen LogP contribution is 2.25. The molecule has 4 nitrogen and oxygen atoms in total. The fraction of sp³-hybridized carbons (Fsp3) is 0.467. The van der Waals surface area contributed by atoms with Crippen LogP contribution in [0.1, 0.15) is 31.3 Å². The second-order valence-corrected chi connectivity index (χ2v) is 5.05. The molecule has 0 aliphatic carbocycles. The lowest BCUT2D eigenvalue weighted by atomic mass is 10.0. The van der Waals surface area contributed by atoms with Gasteiger partial charge in [-0.05, 0) is 46.3 Å². The van der Waals surface area contributed by atoms with Crippen LogP contribution in [0.5, 0.6) is 0 Å². The van der Waals surface area contributed by atoms with Crippen molar-refractivity contribution in [1.82, 2.24) is 20.1 Å². The van der Waals surface area contributed by atoms with E-state index in [9.17, 15) is 0 Å². The highest BCUT2D eigenvalue weighted by Gasteiger charge is 2.15. The van der Waals surface area contributed by atoms with Crippen LogP contribution in [0.3, 0.4) is 0 Å². The molecule has 0 atom stereocenters. The second kappa shape index (κ2) is 5.97. The van der Waals surface area contributed by atoms with Crippen LogP contribution in [0.2, 0.25) is 0 Å². The lowest BCUT2D eigenvalue weighted by molar-refractivity contribution is 0.587. The van der Waals surface area contributed by atoms with Crippen molar-refractivity contribution in [1.29, 1.82) is 0 Å². The van der Waals surface area contributed by atoms with Crippen LogP contribution < -0.4 is 5.32 Å². The number of rotatable bonds is 5. The van der Waals surface area contributed by atoms with E-state index in [-0.39, 0.29) is 0 Å². The summed E-state index contributed by atoms with van der Waals surface area (Å²) in [5.74, 6) is 1.94. The zero-order valence-corrected chi connectivity index (χ0v) is 12.1. The van der Waals surface area contributed by atoms with E-state index in [2.05, 4.69) is 58.2 Å². The molecule has 0 saturated heterocycles. The highest BCUT2D eigenvalue weighted by molar-refractivity contribution is 5.60. The van der Waals surface area contributed by atoms with Gasteiger partial charge in [-0.25, -0.2) is 0 Å². The molecule has 4 heteroatoms. The van der Waals surface area contributed by atoms with Crippen molar-refractivity contribution in [2.45, 2.75) is 33.2 Å². The molecule has 102 valence electrons. The molecule has 2 rings (SSSR count). The first-order chi connectivity index (χ1) is 9.15. The highest BCUT2D eigenvalue weighted by atomic mass is 15.3. The van der Waals surface area contributed by atoms with Gasteiger partial charge in [0.25, 0.3) is 0 Å². The number of benzene rings is 1. The van der Waals surface area contributed by atoms with Crippen molar-refractivity contribution in [3.8, 4) is 11.4 Å². The van der Waals surface area contributed by atoms with Crippen LogP contribution in [0.4, 0.5) is 0 Å². The quantitative estimate of drug-likeness (QED) is 0.896. The predicted molar refractivity (Wildman–Crippen MR) is 78.2 cm³/mol. The third kappa shape index (κ3) is 2.84. The number of likely N-dealkylation sites (N-methyl/N-ethyl adjacent to an activating group) is 1. The van der Waals surface area contributed by atoms with Crippen LogP contribution >= 0.6 is 0 Å². The van der Waals surface area contributed by atoms with Gasteiger partial charge in [-0.1, -0.05) is 24.3 Å². The first kappa shape index (κ1) is 13.7. The molecule has 0 bridgehead atoms. The number of hydrogen-bond donors (Lipinski definition) is 1. The summed E-state index contributed by atoms with van der Waals surface area (Å²) in [5, 5.41) is 11.8. The molecule has 1 N–H and O–H groups in total. The standard InChI is InChI=1S/C15H22N4/c1-11(2)19-12(3)17-18-15(19)14-8-6-5-7-13(14)9-10-16-4/h5-8,11,16H,9-10H2,1-4H3. The van der Waals surface area contributed by atoms with Gasteiger partial charge in [-0.15, -0.1) is 10.2 Å². The van der Waals surface area contributed by atoms with Gasteiger partial charge < -0.3 is 9.88 Å². The van der Waals surface area contributed by atoms with Crippen LogP contribution in [0, 0.1) is 6.92 Å². The molecule has 0 spiro atoms. The van der Waals surface area contributed by atoms with E-state index in [1.165, 1.54) is 11.1 Å². The van der Waals surface area contributed by atoms with Gasteiger partial charge in [0.2, 0.25) is 0 Å². The van der Waals surface area contributed by atoms with Crippen molar-refractivity contribution in [3.63, 3.8) is 0 Å². The molecule has 1 aromatic heterocycles. The minimum Gasteiger partial charge on any atom is -0.319 e. The zero-order valence-electron chi connectivity index (χ0n) is 12.1. The number of nitrogens with one attached hydrogen (secondary N) is 1. The first-order valence-electron chi connectivity index (χ1n) is 6.79. The van der Waals surface area contributed by atoms with E-state index in [1.54, 1.807) is 0 Å². The van der Waals surface area contributed by atoms with Crippen molar-refractivity contribution in [3.05, 3.63) is 35.7 Å². The van der Waals surface area contributed by atoms with Gasteiger partial charge in [0.1, 0.15) is 5.82 Å². The third-order valence-corrected chi connectivity index (χ3v) is 3.29. The van der Waals surface area contributed by atoms with Crippen molar-refractivity contribution in [2.75, 3.05) is 13.6 Å². The molecule has 0 fully saturated rings. The Morgan fingerprint density at radius 1 is 1.21 bits per heavy atom. The smallest absolute Gasteiger partial charge is 0.164 e. The summed E-state index contributed by atoms with van der Waals surface area (Å²) in [6, 6.07) is 8.81. The Bertz CT molecular complexity index is 543. The maximum Gasteiger partial charge on any atom is 0.164 e. The fourth-order valence-electron chi connectivity index (χ4n) is 2.39. The molecular formula is C15H22N4. The van der Waals surface area contributed by atoms with Crippen molar-refractivity contribution >= 4 is 0 Å². The van der Waals surface area contributed by atoms with E-state index in [0.29, 0.717) is 6.04 Å². The largest absolute Gasteiger partial charge is 0.319 e. The summed E-state index contributed by atoms with van der Waals surface area (Å²) < 4.78 is 2.19. The Kier molecular flexibility index (Phi) is 4.32. The van der Waals surface area contributed by atoms with Gasteiger partial charge in [0, 0.05) is 11.6 Å². The number of aromatic nitrogens is 3. The molecule has 0 aliphatic heterocycles. The van der Waals surface area contributed by atoms with Crippen molar-refractivity contribution < 1.29 is 0 Å². The van der Waals surface area contributed by atoms with E-state index in [4.69, 9.17) is 0 Å². The van der Waals surface area contributed by atoms with Gasteiger partial charge in [0.05, 0.1) is 0 Å². The van der Waals surface area contributed by atoms with Crippen LogP contribution in [-0.4, -0.2) is 28.4 Å². The van der Waals surface area contributed by atoms with E-state index in [1.807, 2.05) is 14.0 Å². The number of hydrogen-bond acceptors (Lipinski definition) is 3. The average molecular weight is 258 g/mol. The summed E-state index contributed by atoms with van der Waals surface area (Å²) in [6.07, 6.45) is 0.997. The van der Waals surface area contributed by atoms with Gasteiger partial charge >= 0.3 is 0 Å². The monoisotopic (exact) mass is 258 g/mol. The van der Waals surface area contributed by atoms with E-state index < -0.39 is 0 Å². The predicted octanol–water partition coefficient (Wildman–Crippen LogP) is 2.60. The summed E-state index contributed by atoms with van der Waals surface area (Å²) in [5.41, 5.74) is 2.50. The Labute approximate surface area is 114 Å². The zero-order chi connectivity index (χ0) is 13.8. The molecule has 1 aromatic carbocycles. The topological polar surface area (TPSA) is 42.7 Å². The molecule has 19 heavy (non-hydrogen) atoms. The molecule has 0 unspecified atom stereocenters. The summed E-state index contributed by atoms with van der Waals surface area (Å²) in [4.78, 5) is 0. The van der Waals surface area contributed by atoms with Gasteiger partial charge in [-0.2, -0.15) is 0 Å². The Balaban J connectivity index is 2.47. The number of nitrogens with zero attached hydrogens (tertiary/aromatic N) is 3. The maximum atomic E-state index is 4.37. The van der Waals surface area contributed by atoms with E-state index >= 15 is 0 Å². The minimum atomic E-state index is 0.363. The second-order valence-electron chi connectivity index (χ2n) is 5.05. The van der Waals surface area contributed by atoms with Crippen LogP contribution in [0.15, 0.2) is 24.3 Å². The Morgan fingerprint density at radius 2 is 1.95 bits per heavy atom. The molecule has 0 radical (unpaired) electrons. The molecule has 1 heterocycles. The third-order valence-electron chi connectivity index (χ3n) is 3.29. The molecule has 2 aromatic rings. The van der Waals surface area contributed by atoms with Crippen LogP contribution in [-0.2, 0) is 6.42 Å². The first-order valence-corrected chi connectivity index (χ1v) is 6.79. The van der Waals surface area contributed by atoms with Crippen LogP contribution in [0.25, 0.3) is 11.4 Å². The molecule has 0 aliphatic rings. The normalized spacial score (nSPS) is 11.2. The molecule has 0 amide bonds. The maximum absolute atomic E-state index is 4.37. The summed E-state index contributed by atoms with van der Waals surface area (Å²) in [6.45, 7) is 7.30. The lowest BCUT2D eigenvalue weighted by Crippen LogP contribution is -2.12. The van der Waals surface area contributed by atoms with Crippen molar-refractivity contribution in [2.24, 2.45) is 0 Å². The minimum absolute atomic E-state index is 0.363. The lowest BCUT2D eigenvalue weighted by Gasteiger charge is -2.14. The fourth-order valence-corrected chi connectivity index (χ4v) is 2.39. The summed E-state index contributed by atoms with van der Waals surface area (Å²) in [7, 11) is 1.98. The Hall–Kier alpha value is -1.68. The van der Waals surface area contributed by atoms with E-state index in [0.717, 1.165) is 24.6 Å². The van der Waals surface area contributed by atoms with Gasteiger partial charge in [-0.3, -0.25) is 0 Å². The molecular weight excluding hydrogens is 236 g/mol. The Morgan fingerprint density at radius 3 is 2.63 bits per heavy atom.